The van der Waals surface area contributed by atoms with Gasteiger partial charge in [-0.15, -0.1) is 0 Å². The zero-order valence-corrected chi connectivity index (χ0v) is 12.8. The summed E-state index contributed by atoms with van der Waals surface area (Å²) in [6, 6.07) is -1.64. The van der Waals surface area contributed by atoms with Crippen LogP contribution in [0.2, 0.25) is 0 Å². The van der Waals surface area contributed by atoms with E-state index in [0.717, 1.165) is 12.8 Å². The quantitative estimate of drug-likeness (QED) is 0.600. The molecule has 21 heavy (non-hydrogen) atoms. The average molecular weight is 299 g/mol. The van der Waals surface area contributed by atoms with E-state index in [1.165, 1.54) is 0 Å². The van der Waals surface area contributed by atoms with E-state index in [1.807, 2.05) is 6.92 Å². The number of carboxylic acids is 1. The lowest BCUT2D eigenvalue weighted by molar-refractivity contribution is -0.150. The Balaban J connectivity index is 2.89. The highest BCUT2D eigenvalue weighted by Gasteiger charge is 2.44. The molecular weight excluding hydrogens is 274 g/mol. The van der Waals surface area contributed by atoms with E-state index >= 15 is 0 Å². The lowest BCUT2D eigenvalue weighted by Crippen LogP contribution is -2.62. The Morgan fingerprint density at radius 3 is 2.38 bits per heavy atom. The first-order valence-corrected chi connectivity index (χ1v) is 7.29. The van der Waals surface area contributed by atoms with Crippen molar-refractivity contribution in [3.8, 4) is 0 Å². The SMILES string of the molecule is CC1CCCC(NC(=O)C(NC(N)=O)C(C)C)(C(=O)O)C1. The predicted molar refractivity (Wildman–Crippen MR) is 77.5 cm³/mol. The minimum atomic E-state index is -1.25. The van der Waals surface area contributed by atoms with Gasteiger partial charge in [-0.2, -0.15) is 0 Å². The van der Waals surface area contributed by atoms with E-state index in [4.69, 9.17) is 5.73 Å². The van der Waals surface area contributed by atoms with Gasteiger partial charge in [0.1, 0.15) is 11.6 Å². The van der Waals surface area contributed by atoms with Crippen molar-refractivity contribution in [3.63, 3.8) is 0 Å². The Kier molecular flexibility index (Phi) is 5.57. The van der Waals surface area contributed by atoms with Gasteiger partial charge in [-0.3, -0.25) is 4.79 Å². The van der Waals surface area contributed by atoms with Gasteiger partial charge >= 0.3 is 12.0 Å². The van der Waals surface area contributed by atoms with Gasteiger partial charge in [0.25, 0.3) is 0 Å². The van der Waals surface area contributed by atoms with Gasteiger partial charge in [0, 0.05) is 0 Å². The van der Waals surface area contributed by atoms with Crippen molar-refractivity contribution in [3.05, 3.63) is 0 Å². The number of carboxylic acid groups (broad SMARTS) is 1. The zero-order valence-electron chi connectivity index (χ0n) is 12.8. The molecule has 0 heterocycles. The van der Waals surface area contributed by atoms with E-state index in [9.17, 15) is 19.5 Å². The minimum absolute atomic E-state index is 0.190. The molecule has 0 aliphatic heterocycles. The highest BCUT2D eigenvalue weighted by molar-refractivity contribution is 5.91. The second-order valence-corrected chi connectivity index (χ2v) is 6.31. The largest absolute Gasteiger partial charge is 0.480 e. The fraction of sp³-hybridized carbons (Fsp3) is 0.786. The first-order chi connectivity index (χ1) is 9.68. The van der Waals surface area contributed by atoms with Crippen LogP contribution >= 0.6 is 0 Å². The third kappa shape index (κ3) is 4.34. The van der Waals surface area contributed by atoms with Gasteiger partial charge in [0.05, 0.1) is 0 Å². The summed E-state index contributed by atoms with van der Waals surface area (Å²) in [5.74, 6) is -1.48. The normalized spacial score (nSPS) is 27.0. The third-order valence-corrected chi connectivity index (χ3v) is 4.02. The number of hydrogen-bond donors (Lipinski definition) is 4. The number of aliphatic carboxylic acids is 1. The summed E-state index contributed by atoms with van der Waals surface area (Å²) in [6.07, 6.45) is 2.51. The number of nitrogens with two attached hydrogens (primary N) is 1. The van der Waals surface area contributed by atoms with E-state index in [1.54, 1.807) is 13.8 Å². The average Bonchev–Trinajstić information content (AvgIpc) is 2.35. The molecule has 1 saturated carbocycles. The lowest BCUT2D eigenvalue weighted by Gasteiger charge is -2.38. The first kappa shape index (κ1) is 17.3. The minimum Gasteiger partial charge on any atom is -0.480 e. The molecule has 0 aromatic heterocycles. The van der Waals surface area contributed by atoms with Crippen molar-refractivity contribution < 1.29 is 19.5 Å². The van der Waals surface area contributed by atoms with E-state index in [2.05, 4.69) is 10.6 Å². The summed E-state index contributed by atoms with van der Waals surface area (Å²) in [6.45, 7) is 5.50. The summed E-state index contributed by atoms with van der Waals surface area (Å²) in [5, 5.41) is 14.5. The van der Waals surface area contributed by atoms with Crippen molar-refractivity contribution in [2.24, 2.45) is 17.6 Å². The number of urea groups is 1. The van der Waals surface area contributed by atoms with Crippen LogP contribution in [0.25, 0.3) is 0 Å². The Labute approximate surface area is 124 Å². The molecule has 0 aromatic carbocycles. The molecule has 1 rings (SSSR count). The summed E-state index contributed by atoms with van der Waals surface area (Å²) in [7, 11) is 0. The maximum absolute atomic E-state index is 12.4. The maximum Gasteiger partial charge on any atom is 0.329 e. The van der Waals surface area contributed by atoms with Crippen LogP contribution in [0.4, 0.5) is 4.79 Å². The van der Waals surface area contributed by atoms with Crippen LogP contribution in [0.15, 0.2) is 0 Å². The van der Waals surface area contributed by atoms with Crippen molar-refractivity contribution in [1.82, 2.24) is 10.6 Å². The molecule has 0 aromatic rings. The number of carbonyl (C=O) groups excluding carboxylic acids is 2. The molecule has 3 atom stereocenters. The Morgan fingerprint density at radius 1 is 1.33 bits per heavy atom. The molecule has 1 aliphatic rings. The topological polar surface area (TPSA) is 122 Å². The van der Waals surface area contributed by atoms with E-state index in [-0.39, 0.29) is 11.8 Å². The van der Waals surface area contributed by atoms with Crippen LogP contribution in [0.1, 0.15) is 46.5 Å². The smallest absolute Gasteiger partial charge is 0.329 e. The Hall–Kier alpha value is -1.79. The number of primary amides is 1. The number of hydrogen-bond acceptors (Lipinski definition) is 3. The molecule has 3 unspecified atom stereocenters. The van der Waals surface area contributed by atoms with E-state index < -0.39 is 29.5 Å². The molecule has 0 radical (unpaired) electrons. The summed E-state index contributed by atoms with van der Waals surface area (Å²) < 4.78 is 0. The summed E-state index contributed by atoms with van der Waals surface area (Å²) >= 11 is 0. The Morgan fingerprint density at radius 2 is 1.95 bits per heavy atom. The van der Waals surface area contributed by atoms with E-state index in [0.29, 0.717) is 12.8 Å². The lowest BCUT2D eigenvalue weighted by atomic mass is 9.76. The number of carbonyl (C=O) groups is 3. The number of rotatable bonds is 5. The van der Waals surface area contributed by atoms with Gasteiger partial charge < -0.3 is 21.5 Å². The fourth-order valence-electron chi connectivity index (χ4n) is 2.91. The number of nitrogens with one attached hydrogen (secondary N) is 2. The summed E-state index contributed by atoms with van der Waals surface area (Å²) in [4.78, 5) is 35.0. The monoisotopic (exact) mass is 299 g/mol. The van der Waals surface area contributed by atoms with Crippen molar-refractivity contribution in [2.75, 3.05) is 0 Å². The van der Waals surface area contributed by atoms with Gasteiger partial charge in [0.2, 0.25) is 5.91 Å². The molecule has 0 saturated heterocycles. The van der Waals surface area contributed by atoms with Gasteiger partial charge in [-0.05, 0) is 24.7 Å². The molecule has 1 fully saturated rings. The second kappa shape index (κ2) is 6.78. The van der Waals surface area contributed by atoms with Crippen LogP contribution in [-0.4, -0.2) is 34.6 Å². The van der Waals surface area contributed by atoms with Crippen molar-refractivity contribution >= 4 is 17.9 Å². The highest BCUT2D eigenvalue weighted by atomic mass is 16.4. The molecule has 7 heteroatoms. The molecule has 7 nitrogen and oxygen atoms in total. The van der Waals surface area contributed by atoms with Crippen LogP contribution in [0.3, 0.4) is 0 Å². The van der Waals surface area contributed by atoms with Crippen molar-refractivity contribution in [1.29, 1.82) is 0 Å². The second-order valence-electron chi connectivity index (χ2n) is 6.31. The van der Waals surface area contributed by atoms with Crippen LogP contribution in [0.5, 0.6) is 0 Å². The van der Waals surface area contributed by atoms with Gasteiger partial charge in [-0.25, -0.2) is 9.59 Å². The van der Waals surface area contributed by atoms with Crippen LogP contribution < -0.4 is 16.4 Å². The molecule has 1 aliphatic carbocycles. The molecule has 0 bridgehead atoms. The molecule has 3 amide bonds. The fourth-order valence-corrected chi connectivity index (χ4v) is 2.91. The highest BCUT2D eigenvalue weighted by Crippen LogP contribution is 2.32. The Bertz CT molecular complexity index is 424. The first-order valence-electron chi connectivity index (χ1n) is 7.29. The third-order valence-electron chi connectivity index (χ3n) is 4.02. The zero-order chi connectivity index (χ0) is 16.2. The molecule has 0 spiro atoms. The van der Waals surface area contributed by atoms with Crippen LogP contribution in [-0.2, 0) is 9.59 Å². The number of amides is 3. The molecule has 120 valence electrons. The molecular formula is C14H25N3O4. The van der Waals surface area contributed by atoms with Crippen molar-refractivity contribution in [2.45, 2.75) is 58.0 Å². The van der Waals surface area contributed by atoms with Gasteiger partial charge in [-0.1, -0.05) is 33.6 Å². The summed E-state index contributed by atoms with van der Waals surface area (Å²) in [5.41, 5.74) is 3.82. The predicted octanol–water partition coefficient (Wildman–Crippen LogP) is 0.829. The maximum atomic E-state index is 12.4. The van der Waals surface area contributed by atoms with Crippen LogP contribution in [0, 0.1) is 11.8 Å². The van der Waals surface area contributed by atoms with Gasteiger partial charge in [0.15, 0.2) is 0 Å². The standard InChI is InChI=1S/C14H25N3O4/c1-8(2)10(16-13(15)21)11(18)17-14(12(19)20)6-4-5-9(3)7-14/h8-10H,4-7H2,1-3H3,(H,17,18)(H,19,20)(H3,15,16,21). The molecule has 5 N–H and O–H groups in total.